The highest BCUT2D eigenvalue weighted by molar-refractivity contribution is 7.17. The number of thiophene rings is 1. The highest BCUT2D eigenvalue weighted by Crippen LogP contribution is 2.45. The maximum atomic E-state index is 3.55. The van der Waals surface area contributed by atoms with Crippen molar-refractivity contribution in [2.75, 3.05) is 7.05 Å². The third-order valence-electron chi connectivity index (χ3n) is 4.45. The second kappa shape index (κ2) is 4.72. The van der Waals surface area contributed by atoms with Crippen molar-refractivity contribution in [3.63, 3.8) is 0 Å². The number of hydrogen-bond acceptors (Lipinski definition) is 2. The molecule has 1 aliphatic rings. The summed E-state index contributed by atoms with van der Waals surface area (Å²) in [6.07, 6.45) is 1.19. The summed E-state index contributed by atoms with van der Waals surface area (Å²) < 4.78 is 1.38. The van der Waals surface area contributed by atoms with Crippen molar-refractivity contribution in [3.05, 3.63) is 70.6 Å². The van der Waals surface area contributed by atoms with E-state index in [1.807, 2.05) is 11.3 Å². The quantitative estimate of drug-likeness (QED) is 0.744. The van der Waals surface area contributed by atoms with Crippen LogP contribution >= 0.6 is 11.3 Å². The van der Waals surface area contributed by atoms with E-state index in [1.54, 1.807) is 0 Å². The van der Waals surface area contributed by atoms with Gasteiger partial charge in [-0.15, -0.1) is 11.3 Å². The molecule has 1 aromatic heterocycles. The van der Waals surface area contributed by atoms with Crippen molar-refractivity contribution in [2.45, 2.75) is 18.4 Å². The topological polar surface area (TPSA) is 12.0 Å². The average Bonchev–Trinajstić information content (AvgIpc) is 2.89. The lowest BCUT2D eigenvalue weighted by atomic mass is 9.72. The largest absolute Gasteiger partial charge is 0.312 e. The summed E-state index contributed by atoms with van der Waals surface area (Å²) >= 11 is 1.85. The lowest BCUT2D eigenvalue weighted by molar-refractivity contribution is 0.442. The van der Waals surface area contributed by atoms with Gasteiger partial charge < -0.3 is 5.32 Å². The predicted octanol–water partition coefficient (Wildman–Crippen LogP) is 4.50. The smallest absolute Gasteiger partial charge is 0.0404 e. The Labute approximate surface area is 123 Å². The van der Waals surface area contributed by atoms with Crippen LogP contribution in [-0.2, 0) is 6.42 Å². The Morgan fingerprint density at radius 2 is 1.90 bits per heavy atom. The molecule has 20 heavy (non-hydrogen) atoms. The summed E-state index contributed by atoms with van der Waals surface area (Å²) in [6.45, 7) is 0. The molecule has 2 heteroatoms. The molecule has 0 saturated heterocycles. The molecule has 1 aliphatic carbocycles. The molecule has 0 fully saturated rings. The zero-order valence-electron chi connectivity index (χ0n) is 11.5. The van der Waals surface area contributed by atoms with Crippen LogP contribution in [0.15, 0.2) is 53.9 Å². The molecule has 2 unspecified atom stereocenters. The number of fused-ring (bicyclic) bond motifs is 2. The molecule has 0 saturated carbocycles. The Balaban J connectivity index is 1.77. The van der Waals surface area contributed by atoms with E-state index in [9.17, 15) is 0 Å². The van der Waals surface area contributed by atoms with E-state index >= 15 is 0 Å². The van der Waals surface area contributed by atoms with Crippen LogP contribution in [0.1, 0.15) is 28.7 Å². The first-order valence-corrected chi connectivity index (χ1v) is 7.97. The van der Waals surface area contributed by atoms with Crippen LogP contribution in [0.5, 0.6) is 0 Å². The summed E-state index contributed by atoms with van der Waals surface area (Å²) in [6, 6.07) is 18.0. The van der Waals surface area contributed by atoms with Gasteiger partial charge >= 0.3 is 0 Å². The second-order valence-corrected chi connectivity index (χ2v) is 6.37. The van der Waals surface area contributed by atoms with Gasteiger partial charge in [-0.25, -0.2) is 0 Å². The zero-order chi connectivity index (χ0) is 13.5. The van der Waals surface area contributed by atoms with Crippen molar-refractivity contribution in [1.29, 1.82) is 0 Å². The number of likely N-dealkylation sites (N-methyl/N-ethyl adjacent to an activating group) is 1. The van der Waals surface area contributed by atoms with Crippen LogP contribution in [0.4, 0.5) is 0 Å². The lowest BCUT2D eigenvalue weighted by Gasteiger charge is -2.36. The molecular formula is C18H17NS. The van der Waals surface area contributed by atoms with E-state index in [-0.39, 0.29) is 0 Å². The van der Waals surface area contributed by atoms with Gasteiger partial charge in [0, 0.05) is 16.7 Å². The highest BCUT2D eigenvalue weighted by atomic mass is 32.1. The van der Waals surface area contributed by atoms with Crippen LogP contribution in [0.3, 0.4) is 0 Å². The van der Waals surface area contributed by atoms with E-state index in [0.717, 1.165) is 0 Å². The van der Waals surface area contributed by atoms with Crippen LogP contribution < -0.4 is 5.32 Å². The molecule has 1 heterocycles. The summed E-state index contributed by atoms with van der Waals surface area (Å²) in [7, 11) is 2.08. The van der Waals surface area contributed by atoms with Crippen LogP contribution in [-0.4, -0.2) is 7.05 Å². The van der Waals surface area contributed by atoms with Crippen molar-refractivity contribution in [3.8, 4) is 0 Å². The van der Waals surface area contributed by atoms with Crippen LogP contribution in [0.25, 0.3) is 10.1 Å². The Hall–Kier alpha value is -1.64. The fraction of sp³-hybridized carbons (Fsp3) is 0.222. The maximum Gasteiger partial charge on any atom is 0.0404 e. The third-order valence-corrected chi connectivity index (χ3v) is 5.44. The van der Waals surface area contributed by atoms with Crippen molar-refractivity contribution in [2.24, 2.45) is 0 Å². The molecule has 1 N–H and O–H groups in total. The van der Waals surface area contributed by atoms with Gasteiger partial charge in [-0.2, -0.15) is 0 Å². The molecule has 0 bridgehead atoms. The number of hydrogen-bond donors (Lipinski definition) is 1. The summed E-state index contributed by atoms with van der Waals surface area (Å²) in [5.74, 6) is 0.606. The normalized spacial score (nSPS) is 18.6. The fourth-order valence-corrected chi connectivity index (χ4v) is 4.41. The predicted molar refractivity (Wildman–Crippen MR) is 86.5 cm³/mol. The van der Waals surface area contributed by atoms with E-state index in [1.165, 1.54) is 33.2 Å². The average molecular weight is 279 g/mol. The monoisotopic (exact) mass is 279 g/mol. The SMILES string of the molecule is CNC(c1csc2ccccc12)C1Cc2ccccc21. The zero-order valence-corrected chi connectivity index (χ0v) is 12.3. The first-order chi connectivity index (χ1) is 9.88. The highest BCUT2D eigenvalue weighted by Gasteiger charge is 2.33. The number of nitrogens with one attached hydrogen (secondary N) is 1. The Bertz CT molecular complexity index is 759. The molecular weight excluding hydrogens is 262 g/mol. The first kappa shape index (κ1) is 12.1. The summed E-state index contributed by atoms with van der Waals surface area (Å²) in [5, 5.41) is 7.28. The molecule has 4 rings (SSSR count). The number of benzene rings is 2. The third kappa shape index (κ3) is 1.72. The van der Waals surface area contributed by atoms with Crippen molar-refractivity contribution >= 4 is 21.4 Å². The van der Waals surface area contributed by atoms with E-state index in [4.69, 9.17) is 0 Å². The minimum atomic E-state index is 0.418. The van der Waals surface area contributed by atoms with E-state index < -0.39 is 0 Å². The van der Waals surface area contributed by atoms with Gasteiger partial charge in [0.05, 0.1) is 0 Å². The summed E-state index contributed by atoms with van der Waals surface area (Å²) in [5.41, 5.74) is 4.48. The van der Waals surface area contributed by atoms with Crippen molar-refractivity contribution < 1.29 is 0 Å². The fourth-order valence-electron chi connectivity index (χ4n) is 3.41. The van der Waals surface area contributed by atoms with Crippen LogP contribution in [0.2, 0.25) is 0 Å². The van der Waals surface area contributed by atoms with Gasteiger partial charge in [0.2, 0.25) is 0 Å². The van der Waals surface area contributed by atoms with Gasteiger partial charge in [-0.3, -0.25) is 0 Å². The van der Waals surface area contributed by atoms with Gasteiger partial charge in [0.25, 0.3) is 0 Å². The summed E-state index contributed by atoms with van der Waals surface area (Å²) in [4.78, 5) is 0. The first-order valence-electron chi connectivity index (χ1n) is 7.09. The Morgan fingerprint density at radius 1 is 1.10 bits per heavy atom. The minimum Gasteiger partial charge on any atom is -0.312 e. The molecule has 1 nitrogen and oxygen atoms in total. The molecule has 0 aliphatic heterocycles. The molecule has 0 amide bonds. The van der Waals surface area contributed by atoms with Crippen molar-refractivity contribution in [1.82, 2.24) is 5.32 Å². The molecule has 2 atom stereocenters. The minimum absolute atomic E-state index is 0.418. The van der Waals surface area contributed by atoms with E-state index in [0.29, 0.717) is 12.0 Å². The molecule has 0 spiro atoms. The van der Waals surface area contributed by atoms with Gasteiger partial charge in [-0.1, -0.05) is 42.5 Å². The Morgan fingerprint density at radius 3 is 2.75 bits per heavy atom. The van der Waals surface area contributed by atoms with Gasteiger partial charge in [0.15, 0.2) is 0 Å². The Kier molecular flexibility index (Phi) is 2.86. The molecule has 100 valence electrons. The van der Waals surface area contributed by atoms with Gasteiger partial charge in [0.1, 0.15) is 0 Å². The van der Waals surface area contributed by atoms with Crippen LogP contribution in [0, 0.1) is 0 Å². The standard InChI is InChI=1S/C18H17NS/c1-19-18(15-10-12-6-2-3-7-13(12)15)16-11-20-17-9-5-4-8-14(16)17/h2-9,11,15,18-19H,10H2,1H3. The second-order valence-electron chi connectivity index (χ2n) is 5.46. The molecule has 0 radical (unpaired) electrons. The lowest BCUT2D eigenvalue weighted by Crippen LogP contribution is -2.31. The molecule has 2 aromatic carbocycles. The van der Waals surface area contributed by atoms with Gasteiger partial charge in [-0.05, 0) is 47.0 Å². The maximum absolute atomic E-state index is 3.55. The molecule has 3 aromatic rings. The number of rotatable bonds is 3. The van der Waals surface area contributed by atoms with E-state index in [2.05, 4.69) is 66.3 Å².